The predicted molar refractivity (Wildman–Crippen MR) is 78.0 cm³/mol. The molecule has 2 rings (SSSR count). The molecule has 0 radical (unpaired) electrons. The second kappa shape index (κ2) is 7.07. The van der Waals surface area contributed by atoms with Crippen molar-refractivity contribution in [1.82, 2.24) is 0 Å². The first-order valence-corrected chi connectivity index (χ1v) is 7.21. The van der Waals surface area contributed by atoms with Crippen molar-refractivity contribution in [2.24, 2.45) is 0 Å². The Morgan fingerprint density at radius 3 is 1.58 bits per heavy atom. The van der Waals surface area contributed by atoms with Crippen molar-refractivity contribution in [2.75, 3.05) is 0 Å². The molecule has 0 aliphatic heterocycles. The lowest BCUT2D eigenvalue weighted by atomic mass is 10.1. The summed E-state index contributed by atoms with van der Waals surface area (Å²) in [6.07, 6.45) is -8.25. The van der Waals surface area contributed by atoms with E-state index in [1.54, 1.807) is 0 Å². The predicted octanol–water partition coefficient (Wildman–Crippen LogP) is 5.42. The largest absolute Gasteiger partial charge is 0.507 e. The molecule has 7 heteroatoms. The van der Waals surface area contributed by atoms with Crippen LogP contribution in [-0.2, 0) is 6.42 Å². The highest BCUT2D eigenvalue weighted by molar-refractivity contribution is 5.28. The maximum absolute atomic E-state index is 13.7. The number of benzene rings is 2. The van der Waals surface area contributed by atoms with Gasteiger partial charge in [0.05, 0.1) is 0 Å². The highest BCUT2D eigenvalue weighted by atomic mass is 19.3. The Hall–Kier alpha value is -2.31. The van der Waals surface area contributed by atoms with E-state index in [1.807, 2.05) is 6.92 Å². The molecule has 0 heterocycles. The number of ether oxygens (including phenoxy) is 2. The van der Waals surface area contributed by atoms with Crippen molar-refractivity contribution in [3.8, 4) is 11.5 Å². The number of hydrogen-bond acceptors (Lipinski definition) is 2. The van der Waals surface area contributed by atoms with Crippen molar-refractivity contribution < 1.29 is 31.4 Å². The Bertz CT molecular complexity index is 654. The first-order chi connectivity index (χ1) is 11.2. The normalized spacial score (nSPS) is 12.1. The van der Waals surface area contributed by atoms with Crippen molar-refractivity contribution >= 4 is 0 Å². The van der Waals surface area contributed by atoms with Gasteiger partial charge in [0.2, 0.25) is 0 Å². The average Bonchev–Trinajstić information content (AvgIpc) is 2.51. The van der Waals surface area contributed by atoms with Crippen LogP contribution in [0.4, 0.5) is 22.0 Å². The molecule has 130 valence electrons. The van der Waals surface area contributed by atoms with E-state index in [2.05, 4.69) is 9.47 Å². The zero-order valence-corrected chi connectivity index (χ0v) is 12.7. The lowest BCUT2D eigenvalue weighted by molar-refractivity contribution is -0.379. The molecule has 0 N–H and O–H groups in total. The number of hydrogen-bond donors (Lipinski definition) is 0. The van der Waals surface area contributed by atoms with Crippen LogP contribution in [0.1, 0.15) is 18.9 Å². The molecule has 2 aromatic rings. The van der Waals surface area contributed by atoms with E-state index in [-0.39, 0.29) is 0 Å². The Kier molecular flexibility index (Phi) is 5.31. The summed E-state index contributed by atoms with van der Waals surface area (Å²) in [7, 11) is 0. The number of aryl methyl sites for hydroxylation is 1. The quantitative estimate of drug-likeness (QED) is 0.623. The molecule has 2 aromatic carbocycles. The Morgan fingerprint density at radius 2 is 1.17 bits per heavy atom. The minimum absolute atomic E-state index is 0.415. The first kappa shape index (κ1) is 18.0. The molecule has 0 aliphatic rings. The van der Waals surface area contributed by atoms with E-state index in [9.17, 15) is 22.0 Å². The molecule has 0 spiro atoms. The second-order valence-corrected chi connectivity index (χ2v) is 5.09. The SMILES string of the molecule is CCCc1ccc(OC(F)(F)C(F)(F)Oc2ccc(F)cc2)cc1. The molecular weight excluding hydrogens is 331 g/mol. The van der Waals surface area contributed by atoms with Gasteiger partial charge in [-0.25, -0.2) is 4.39 Å². The maximum atomic E-state index is 13.7. The highest BCUT2D eigenvalue weighted by Gasteiger charge is 2.63. The molecule has 0 atom stereocenters. The number of halogens is 5. The molecule has 0 saturated heterocycles. The fourth-order valence-corrected chi connectivity index (χ4v) is 1.93. The summed E-state index contributed by atoms with van der Waals surface area (Å²) in [4.78, 5) is 0. The van der Waals surface area contributed by atoms with Gasteiger partial charge in [-0.3, -0.25) is 0 Å². The zero-order valence-electron chi connectivity index (χ0n) is 12.7. The lowest BCUT2D eigenvalue weighted by Crippen LogP contribution is -2.49. The van der Waals surface area contributed by atoms with Crippen molar-refractivity contribution in [3.05, 3.63) is 59.9 Å². The van der Waals surface area contributed by atoms with Crippen LogP contribution in [-0.4, -0.2) is 12.2 Å². The van der Waals surface area contributed by atoms with Gasteiger partial charge in [0, 0.05) is 0 Å². The van der Waals surface area contributed by atoms with Gasteiger partial charge in [-0.1, -0.05) is 25.5 Å². The van der Waals surface area contributed by atoms with Gasteiger partial charge in [0.25, 0.3) is 0 Å². The van der Waals surface area contributed by atoms with Crippen LogP contribution in [0.5, 0.6) is 11.5 Å². The smallest absolute Gasteiger partial charge is 0.425 e. The summed E-state index contributed by atoms with van der Waals surface area (Å²) in [6.45, 7) is 1.95. The standard InChI is InChI=1S/C17H15F5O2/c1-2-3-12-4-8-14(9-5-12)23-16(19,20)17(21,22)24-15-10-6-13(18)7-11-15/h4-11H,2-3H2,1H3. The van der Waals surface area contributed by atoms with E-state index >= 15 is 0 Å². The van der Waals surface area contributed by atoms with E-state index in [0.717, 1.165) is 42.7 Å². The molecule has 0 bridgehead atoms. The second-order valence-electron chi connectivity index (χ2n) is 5.09. The average molecular weight is 346 g/mol. The molecular formula is C17H15F5O2. The Balaban J connectivity index is 2.10. The van der Waals surface area contributed by atoms with E-state index in [0.29, 0.717) is 0 Å². The number of rotatable bonds is 7. The van der Waals surface area contributed by atoms with Crippen LogP contribution in [0.25, 0.3) is 0 Å². The van der Waals surface area contributed by atoms with Gasteiger partial charge in [-0.05, 0) is 48.4 Å². The van der Waals surface area contributed by atoms with Crippen LogP contribution in [0.3, 0.4) is 0 Å². The summed E-state index contributed by atoms with van der Waals surface area (Å²) in [5.74, 6) is -1.73. The van der Waals surface area contributed by atoms with E-state index in [4.69, 9.17) is 0 Å². The number of alkyl halides is 4. The summed E-state index contributed by atoms with van der Waals surface area (Å²) in [6, 6.07) is 8.69. The van der Waals surface area contributed by atoms with Crippen LogP contribution < -0.4 is 9.47 Å². The lowest BCUT2D eigenvalue weighted by Gasteiger charge is -2.26. The third-order valence-corrected chi connectivity index (χ3v) is 3.11. The van der Waals surface area contributed by atoms with E-state index in [1.165, 1.54) is 24.3 Å². The third kappa shape index (κ3) is 4.37. The van der Waals surface area contributed by atoms with E-state index < -0.39 is 29.5 Å². The molecule has 2 nitrogen and oxygen atoms in total. The molecule has 0 aliphatic carbocycles. The zero-order chi connectivity index (χ0) is 17.8. The molecule has 24 heavy (non-hydrogen) atoms. The Labute approximate surface area is 135 Å². The monoisotopic (exact) mass is 346 g/mol. The van der Waals surface area contributed by atoms with Crippen LogP contribution in [0, 0.1) is 5.82 Å². The van der Waals surface area contributed by atoms with Crippen LogP contribution in [0.2, 0.25) is 0 Å². The molecule has 0 saturated carbocycles. The summed E-state index contributed by atoms with van der Waals surface area (Å²) in [5, 5.41) is 0. The fourth-order valence-electron chi connectivity index (χ4n) is 1.93. The Morgan fingerprint density at radius 1 is 0.750 bits per heavy atom. The summed E-state index contributed by atoms with van der Waals surface area (Å²) < 4.78 is 75.6. The van der Waals surface area contributed by atoms with Gasteiger partial charge in [-0.15, -0.1) is 0 Å². The van der Waals surface area contributed by atoms with Gasteiger partial charge in [-0.2, -0.15) is 17.6 Å². The fraction of sp³-hybridized carbons (Fsp3) is 0.294. The molecule has 0 unspecified atom stereocenters. The van der Waals surface area contributed by atoms with Gasteiger partial charge in [0.1, 0.15) is 17.3 Å². The van der Waals surface area contributed by atoms with Gasteiger partial charge in [0.15, 0.2) is 0 Å². The van der Waals surface area contributed by atoms with Crippen molar-refractivity contribution in [1.29, 1.82) is 0 Å². The first-order valence-electron chi connectivity index (χ1n) is 7.21. The minimum Gasteiger partial charge on any atom is -0.425 e. The van der Waals surface area contributed by atoms with Crippen molar-refractivity contribution in [3.63, 3.8) is 0 Å². The van der Waals surface area contributed by atoms with Gasteiger partial charge < -0.3 is 9.47 Å². The topological polar surface area (TPSA) is 18.5 Å². The van der Waals surface area contributed by atoms with Crippen LogP contribution in [0.15, 0.2) is 48.5 Å². The highest BCUT2D eigenvalue weighted by Crippen LogP contribution is 2.38. The molecule has 0 aromatic heterocycles. The third-order valence-electron chi connectivity index (χ3n) is 3.11. The summed E-state index contributed by atoms with van der Waals surface area (Å²) >= 11 is 0. The summed E-state index contributed by atoms with van der Waals surface area (Å²) in [5.41, 5.74) is 0.877. The molecule has 0 amide bonds. The van der Waals surface area contributed by atoms with Crippen molar-refractivity contribution in [2.45, 2.75) is 32.0 Å². The van der Waals surface area contributed by atoms with Crippen LogP contribution >= 0.6 is 0 Å². The molecule has 0 fully saturated rings. The maximum Gasteiger partial charge on any atom is 0.507 e. The van der Waals surface area contributed by atoms with Gasteiger partial charge >= 0.3 is 12.2 Å². The minimum atomic E-state index is -4.94.